The van der Waals surface area contributed by atoms with E-state index in [9.17, 15) is 9.59 Å². The van der Waals surface area contributed by atoms with Crippen LogP contribution in [0.15, 0.2) is 48.5 Å². The molecule has 0 bridgehead atoms. The molecule has 1 aliphatic carbocycles. The molecule has 0 spiro atoms. The normalized spacial score (nSPS) is 13.2. The molecule has 2 aromatic carbocycles. The number of esters is 1. The van der Waals surface area contributed by atoms with Crippen LogP contribution in [0.2, 0.25) is 0 Å². The maximum atomic E-state index is 13.1. The lowest BCUT2D eigenvalue weighted by Gasteiger charge is -2.20. The van der Waals surface area contributed by atoms with E-state index in [4.69, 9.17) is 11.2 Å². The van der Waals surface area contributed by atoms with Crippen LogP contribution >= 0.6 is 0 Å². The lowest BCUT2D eigenvalue weighted by molar-refractivity contribution is -0.145. The summed E-state index contributed by atoms with van der Waals surface area (Å²) in [7, 11) is 1.32. The van der Waals surface area contributed by atoms with Gasteiger partial charge < -0.3 is 10.1 Å². The zero-order valence-electron chi connectivity index (χ0n) is 14.7. The molecule has 0 saturated heterocycles. The van der Waals surface area contributed by atoms with Crippen molar-refractivity contribution in [3.8, 4) is 23.5 Å². The number of carbonyl (C=O) groups is 2. The highest BCUT2D eigenvalue weighted by Crippen LogP contribution is 2.44. The Morgan fingerprint density at radius 1 is 1.12 bits per heavy atom. The zero-order chi connectivity index (χ0) is 18.5. The Kier molecular flexibility index (Phi) is 5.38. The number of terminal acetylenes is 1. The van der Waals surface area contributed by atoms with E-state index in [1.807, 2.05) is 48.5 Å². The Balaban J connectivity index is 1.87. The quantitative estimate of drug-likeness (QED) is 0.496. The second kappa shape index (κ2) is 7.88. The lowest BCUT2D eigenvalue weighted by atomic mass is 9.95. The van der Waals surface area contributed by atoms with Crippen molar-refractivity contribution in [1.29, 1.82) is 0 Å². The molecule has 132 valence electrons. The maximum absolute atomic E-state index is 13.1. The van der Waals surface area contributed by atoms with E-state index in [-0.39, 0.29) is 5.91 Å². The van der Waals surface area contributed by atoms with Gasteiger partial charge in [-0.2, -0.15) is 0 Å². The second-order valence-electron chi connectivity index (χ2n) is 6.29. The van der Waals surface area contributed by atoms with E-state index >= 15 is 0 Å². The van der Waals surface area contributed by atoms with Gasteiger partial charge in [0.2, 0.25) is 5.91 Å². The van der Waals surface area contributed by atoms with Crippen molar-refractivity contribution in [1.82, 2.24) is 5.32 Å². The Morgan fingerprint density at radius 2 is 1.69 bits per heavy atom. The standard InChI is InChI=1S/C22H21NO3/c1-3-4-5-14-19(22(25)26-2)23-21(24)20-17-12-8-6-10-15(17)16-11-7-9-13-18(16)20/h1,6-13,19-20H,4-5,14H2,2H3,(H,23,24)/t19-/m0/s1. The minimum atomic E-state index is -0.694. The number of rotatable bonds is 6. The van der Waals surface area contributed by atoms with Gasteiger partial charge in [0.25, 0.3) is 0 Å². The molecule has 4 heteroatoms. The van der Waals surface area contributed by atoms with Crippen LogP contribution in [0.1, 0.15) is 36.3 Å². The third-order valence-corrected chi connectivity index (χ3v) is 4.71. The highest BCUT2D eigenvalue weighted by molar-refractivity contribution is 5.97. The third kappa shape index (κ3) is 3.34. The fourth-order valence-electron chi connectivity index (χ4n) is 3.49. The highest BCUT2D eigenvalue weighted by Gasteiger charge is 2.35. The molecule has 26 heavy (non-hydrogen) atoms. The topological polar surface area (TPSA) is 55.4 Å². The fourth-order valence-corrected chi connectivity index (χ4v) is 3.49. The van der Waals surface area contributed by atoms with E-state index in [0.29, 0.717) is 19.3 Å². The van der Waals surface area contributed by atoms with Crippen LogP contribution in [0.25, 0.3) is 11.1 Å². The molecule has 0 aliphatic heterocycles. The largest absolute Gasteiger partial charge is 0.467 e. The van der Waals surface area contributed by atoms with Crippen LogP contribution in [0.4, 0.5) is 0 Å². The monoisotopic (exact) mass is 347 g/mol. The molecule has 0 unspecified atom stereocenters. The van der Waals surface area contributed by atoms with Gasteiger partial charge in [-0.3, -0.25) is 4.79 Å². The summed E-state index contributed by atoms with van der Waals surface area (Å²) in [5.74, 6) is 1.48. The number of methoxy groups -OCH3 is 1. The molecule has 0 heterocycles. The van der Waals surface area contributed by atoms with Gasteiger partial charge in [0, 0.05) is 6.42 Å². The predicted molar refractivity (Wildman–Crippen MR) is 100 cm³/mol. The van der Waals surface area contributed by atoms with Crippen molar-refractivity contribution < 1.29 is 14.3 Å². The number of hydrogen-bond acceptors (Lipinski definition) is 3. The van der Waals surface area contributed by atoms with Gasteiger partial charge in [-0.1, -0.05) is 48.5 Å². The molecule has 1 amide bonds. The fraction of sp³-hybridized carbons (Fsp3) is 0.273. The average Bonchev–Trinajstić information content (AvgIpc) is 3.01. The summed E-state index contributed by atoms with van der Waals surface area (Å²) in [4.78, 5) is 25.1. The first-order chi connectivity index (χ1) is 12.7. The SMILES string of the molecule is C#CCCC[C@H](NC(=O)C1c2ccccc2-c2ccccc21)C(=O)OC. The third-order valence-electron chi connectivity index (χ3n) is 4.71. The first-order valence-corrected chi connectivity index (χ1v) is 8.67. The van der Waals surface area contributed by atoms with E-state index in [1.165, 1.54) is 7.11 Å². The van der Waals surface area contributed by atoms with Crippen molar-refractivity contribution in [2.75, 3.05) is 7.11 Å². The molecule has 1 atom stereocenters. The van der Waals surface area contributed by atoms with Gasteiger partial charge in [0.15, 0.2) is 0 Å². The van der Waals surface area contributed by atoms with E-state index in [0.717, 1.165) is 22.3 Å². The number of unbranched alkanes of at least 4 members (excludes halogenated alkanes) is 1. The molecule has 0 aromatic heterocycles. The molecular formula is C22H21NO3. The van der Waals surface area contributed by atoms with Crippen LogP contribution in [-0.2, 0) is 14.3 Å². The average molecular weight is 347 g/mol. The number of fused-ring (bicyclic) bond motifs is 3. The number of nitrogens with one attached hydrogen (secondary N) is 1. The van der Waals surface area contributed by atoms with Gasteiger partial charge in [-0.05, 0) is 35.1 Å². The summed E-state index contributed by atoms with van der Waals surface area (Å²) in [6, 6.07) is 15.1. The summed E-state index contributed by atoms with van der Waals surface area (Å²) in [6.07, 6.45) is 6.94. The lowest BCUT2D eigenvalue weighted by Crippen LogP contribution is -2.43. The van der Waals surface area contributed by atoms with Crippen LogP contribution in [-0.4, -0.2) is 25.0 Å². The Hall–Kier alpha value is -3.06. The van der Waals surface area contributed by atoms with Gasteiger partial charge in [0.1, 0.15) is 6.04 Å². The number of hydrogen-bond donors (Lipinski definition) is 1. The number of amides is 1. The summed E-state index contributed by atoms with van der Waals surface area (Å²) in [5.41, 5.74) is 4.03. The molecular weight excluding hydrogens is 326 g/mol. The Labute approximate surface area is 153 Å². The van der Waals surface area contributed by atoms with Gasteiger partial charge in [-0.25, -0.2) is 4.79 Å². The van der Waals surface area contributed by atoms with Crippen molar-refractivity contribution >= 4 is 11.9 Å². The minimum Gasteiger partial charge on any atom is -0.467 e. The molecule has 3 rings (SSSR count). The molecule has 4 nitrogen and oxygen atoms in total. The van der Waals surface area contributed by atoms with Gasteiger partial charge in [-0.15, -0.1) is 12.3 Å². The van der Waals surface area contributed by atoms with Crippen LogP contribution < -0.4 is 5.32 Å². The molecule has 0 saturated carbocycles. The van der Waals surface area contributed by atoms with Crippen LogP contribution in [0.5, 0.6) is 0 Å². The Bertz CT molecular complexity index is 820. The summed E-state index contributed by atoms with van der Waals surface area (Å²) >= 11 is 0. The van der Waals surface area contributed by atoms with Gasteiger partial charge in [0.05, 0.1) is 13.0 Å². The molecule has 1 N–H and O–H groups in total. The van der Waals surface area contributed by atoms with Crippen molar-refractivity contribution in [3.05, 3.63) is 59.7 Å². The first-order valence-electron chi connectivity index (χ1n) is 8.67. The van der Waals surface area contributed by atoms with E-state index in [2.05, 4.69) is 11.2 Å². The number of ether oxygens (including phenoxy) is 1. The number of benzene rings is 2. The van der Waals surface area contributed by atoms with Crippen molar-refractivity contribution in [3.63, 3.8) is 0 Å². The molecule has 0 radical (unpaired) electrons. The molecule has 2 aromatic rings. The maximum Gasteiger partial charge on any atom is 0.328 e. The summed E-state index contributed by atoms with van der Waals surface area (Å²) in [5, 5.41) is 2.87. The minimum absolute atomic E-state index is 0.196. The van der Waals surface area contributed by atoms with Crippen LogP contribution in [0.3, 0.4) is 0 Å². The van der Waals surface area contributed by atoms with E-state index < -0.39 is 17.9 Å². The van der Waals surface area contributed by atoms with Crippen molar-refractivity contribution in [2.24, 2.45) is 0 Å². The Morgan fingerprint density at radius 3 is 2.23 bits per heavy atom. The zero-order valence-corrected chi connectivity index (χ0v) is 14.7. The predicted octanol–water partition coefficient (Wildman–Crippen LogP) is 3.26. The molecule has 0 fully saturated rings. The van der Waals surface area contributed by atoms with Crippen LogP contribution in [0, 0.1) is 12.3 Å². The summed E-state index contributed by atoms with van der Waals surface area (Å²) < 4.78 is 4.84. The van der Waals surface area contributed by atoms with E-state index in [1.54, 1.807) is 0 Å². The molecule has 1 aliphatic rings. The summed E-state index contributed by atoms with van der Waals surface area (Å²) in [6.45, 7) is 0. The smallest absolute Gasteiger partial charge is 0.328 e. The second-order valence-corrected chi connectivity index (χ2v) is 6.29. The van der Waals surface area contributed by atoms with Crippen molar-refractivity contribution in [2.45, 2.75) is 31.2 Å². The highest BCUT2D eigenvalue weighted by atomic mass is 16.5. The number of carbonyl (C=O) groups excluding carboxylic acids is 2. The van der Waals surface area contributed by atoms with Gasteiger partial charge >= 0.3 is 5.97 Å². The first kappa shape index (κ1) is 17.8.